The van der Waals surface area contributed by atoms with Crippen LogP contribution in [0.3, 0.4) is 0 Å². The second-order valence-electron chi connectivity index (χ2n) is 4.06. The molecule has 2 heterocycles. The third-order valence-corrected chi connectivity index (χ3v) is 3.80. The van der Waals surface area contributed by atoms with Crippen LogP contribution in [0.4, 0.5) is 0 Å². The average Bonchev–Trinajstić information content (AvgIpc) is 2.75. The van der Waals surface area contributed by atoms with Gasteiger partial charge in [-0.3, -0.25) is 4.98 Å². The van der Waals surface area contributed by atoms with Gasteiger partial charge in [-0.1, -0.05) is 11.8 Å². The van der Waals surface area contributed by atoms with Gasteiger partial charge in [0.2, 0.25) is 0 Å². The Morgan fingerprint density at radius 2 is 2.17 bits per heavy atom. The van der Waals surface area contributed by atoms with E-state index < -0.39 is 0 Å². The average molecular weight is 264 g/mol. The Kier molecular flexibility index (Phi) is 3.86. The highest BCUT2D eigenvalue weighted by Crippen LogP contribution is 2.28. The summed E-state index contributed by atoms with van der Waals surface area (Å²) >= 11 is 1.62. The number of nitrogens with zero attached hydrogens (tertiary/aromatic N) is 4. The molecule has 0 fully saturated rings. The Hall–Kier alpha value is -1.56. The van der Waals surface area contributed by atoms with Crippen LogP contribution >= 0.6 is 11.8 Å². The van der Waals surface area contributed by atoms with Gasteiger partial charge < -0.3 is 9.30 Å². The van der Waals surface area contributed by atoms with E-state index in [1.165, 1.54) is 0 Å². The zero-order chi connectivity index (χ0) is 13.1. The Labute approximate surface area is 111 Å². The monoisotopic (exact) mass is 264 g/mol. The number of pyridine rings is 1. The summed E-state index contributed by atoms with van der Waals surface area (Å²) in [4.78, 5) is 4.46. The predicted molar refractivity (Wildman–Crippen MR) is 70.8 cm³/mol. The van der Waals surface area contributed by atoms with Gasteiger partial charge in [0.05, 0.1) is 12.8 Å². The number of aromatic nitrogens is 4. The molecule has 0 radical (unpaired) electrons. The van der Waals surface area contributed by atoms with Crippen molar-refractivity contribution in [2.45, 2.75) is 24.8 Å². The third-order valence-electron chi connectivity index (χ3n) is 2.76. The number of ether oxygens (including phenoxy) is 1. The number of methoxy groups -OCH3 is 1. The van der Waals surface area contributed by atoms with Gasteiger partial charge in [0.1, 0.15) is 12.1 Å². The number of thioether (sulfide) groups is 1. The van der Waals surface area contributed by atoms with Gasteiger partial charge in [-0.05, 0) is 13.8 Å². The van der Waals surface area contributed by atoms with E-state index in [0.717, 1.165) is 33.5 Å². The van der Waals surface area contributed by atoms with Crippen LogP contribution in [0.1, 0.15) is 16.8 Å². The van der Waals surface area contributed by atoms with E-state index in [-0.39, 0.29) is 0 Å². The molecule has 0 spiro atoms. The molecule has 0 N–H and O–H groups in total. The van der Waals surface area contributed by atoms with E-state index in [4.69, 9.17) is 4.74 Å². The fourth-order valence-corrected chi connectivity index (χ4v) is 2.67. The van der Waals surface area contributed by atoms with E-state index >= 15 is 0 Å². The molecule has 0 bridgehead atoms. The molecule has 0 atom stereocenters. The molecule has 2 aromatic rings. The van der Waals surface area contributed by atoms with E-state index in [0.29, 0.717) is 0 Å². The lowest BCUT2D eigenvalue weighted by atomic mass is 10.1. The highest BCUT2D eigenvalue weighted by Gasteiger charge is 2.11. The first-order chi connectivity index (χ1) is 8.63. The van der Waals surface area contributed by atoms with Crippen molar-refractivity contribution in [3.63, 3.8) is 0 Å². The van der Waals surface area contributed by atoms with Crippen molar-refractivity contribution in [3.05, 3.63) is 29.3 Å². The Balaban J connectivity index is 2.18. The van der Waals surface area contributed by atoms with E-state index in [1.54, 1.807) is 25.2 Å². The molecule has 6 heteroatoms. The summed E-state index contributed by atoms with van der Waals surface area (Å²) in [5, 5.41) is 8.77. The third kappa shape index (κ3) is 2.48. The molecule has 2 rings (SSSR count). The molecule has 0 unspecified atom stereocenters. The summed E-state index contributed by atoms with van der Waals surface area (Å²) < 4.78 is 7.29. The number of aryl methyl sites for hydroxylation is 2. The van der Waals surface area contributed by atoms with Crippen molar-refractivity contribution in [2.24, 2.45) is 7.05 Å². The van der Waals surface area contributed by atoms with Crippen LogP contribution in [-0.2, 0) is 12.8 Å². The molecule has 18 heavy (non-hydrogen) atoms. The maximum absolute atomic E-state index is 5.39. The normalized spacial score (nSPS) is 10.7. The van der Waals surface area contributed by atoms with Gasteiger partial charge >= 0.3 is 0 Å². The summed E-state index contributed by atoms with van der Waals surface area (Å²) in [6.45, 7) is 4.03. The minimum absolute atomic E-state index is 0.759. The molecule has 0 amide bonds. The van der Waals surface area contributed by atoms with Crippen LogP contribution in [0, 0.1) is 13.8 Å². The summed E-state index contributed by atoms with van der Waals surface area (Å²) in [6, 6.07) is 0. The molecule has 0 aromatic carbocycles. The van der Waals surface area contributed by atoms with Gasteiger partial charge in [0.25, 0.3) is 0 Å². The Morgan fingerprint density at radius 3 is 2.78 bits per heavy atom. The smallest absolute Gasteiger partial charge is 0.191 e. The maximum atomic E-state index is 5.39. The zero-order valence-corrected chi connectivity index (χ0v) is 11.8. The fourth-order valence-electron chi connectivity index (χ4n) is 1.75. The van der Waals surface area contributed by atoms with Crippen LogP contribution in [0.25, 0.3) is 0 Å². The lowest BCUT2D eigenvalue weighted by Crippen LogP contribution is -1.99. The molecule has 0 aliphatic carbocycles. The molecule has 2 aromatic heterocycles. The van der Waals surface area contributed by atoms with Crippen molar-refractivity contribution in [3.8, 4) is 5.75 Å². The van der Waals surface area contributed by atoms with Gasteiger partial charge in [0.15, 0.2) is 5.16 Å². The van der Waals surface area contributed by atoms with Gasteiger partial charge in [-0.2, -0.15) is 0 Å². The second-order valence-corrected chi connectivity index (χ2v) is 5.00. The van der Waals surface area contributed by atoms with Gasteiger partial charge in [-0.15, -0.1) is 10.2 Å². The largest absolute Gasteiger partial charge is 0.496 e. The topological polar surface area (TPSA) is 52.8 Å². The molecule has 5 nitrogen and oxygen atoms in total. The van der Waals surface area contributed by atoms with E-state index in [1.807, 2.05) is 31.7 Å². The summed E-state index contributed by atoms with van der Waals surface area (Å²) in [7, 11) is 3.62. The quantitative estimate of drug-likeness (QED) is 0.792. The van der Waals surface area contributed by atoms with Gasteiger partial charge in [0, 0.05) is 30.1 Å². The van der Waals surface area contributed by atoms with E-state index in [2.05, 4.69) is 15.2 Å². The maximum Gasteiger partial charge on any atom is 0.191 e. The standard InChI is InChI=1S/C12H16N4OS/c1-8-5-13-10(9(2)11(8)17-4)6-18-12-15-14-7-16(12)3/h5,7H,6H2,1-4H3. The molecule has 0 saturated heterocycles. The van der Waals surface area contributed by atoms with Crippen molar-refractivity contribution in [1.82, 2.24) is 19.7 Å². The lowest BCUT2D eigenvalue weighted by Gasteiger charge is -2.11. The van der Waals surface area contributed by atoms with Gasteiger partial charge in [-0.25, -0.2) is 0 Å². The van der Waals surface area contributed by atoms with E-state index in [9.17, 15) is 0 Å². The summed E-state index contributed by atoms with van der Waals surface area (Å²) in [5.74, 6) is 1.67. The van der Waals surface area contributed by atoms with Crippen LogP contribution in [-0.4, -0.2) is 26.9 Å². The highest BCUT2D eigenvalue weighted by molar-refractivity contribution is 7.98. The molecular formula is C12H16N4OS. The zero-order valence-electron chi connectivity index (χ0n) is 11.0. The molecule has 0 aliphatic rings. The molecule has 0 aliphatic heterocycles. The summed E-state index contributed by atoms with van der Waals surface area (Å²) in [5.41, 5.74) is 3.17. The number of hydrogen-bond donors (Lipinski definition) is 0. The minimum Gasteiger partial charge on any atom is -0.496 e. The second kappa shape index (κ2) is 5.39. The Bertz CT molecular complexity index is 553. The number of hydrogen-bond acceptors (Lipinski definition) is 5. The first kappa shape index (κ1) is 12.9. The van der Waals surface area contributed by atoms with Crippen LogP contribution < -0.4 is 4.74 Å². The van der Waals surface area contributed by atoms with Crippen LogP contribution in [0.15, 0.2) is 17.7 Å². The first-order valence-electron chi connectivity index (χ1n) is 5.59. The van der Waals surface area contributed by atoms with Crippen LogP contribution in [0.5, 0.6) is 5.75 Å². The highest BCUT2D eigenvalue weighted by atomic mass is 32.2. The Morgan fingerprint density at radius 1 is 1.39 bits per heavy atom. The molecular weight excluding hydrogens is 248 g/mol. The molecule has 96 valence electrons. The molecule has 0 saturated carbocycles. The first-order valence-corrected chi connectivity index (χ1v) is 6.58. The SMILES string of the molecule is COc1c(C)cnc(CSc2nncn2C)c1C. The lowest BCUT2D eigenvalue weighted by molar-refractivity contribution is 0.407. The van der Waals surface area contributed by atoms with Crippen LogP contribution in [0.2, 0.25) is 0 Å². The fraction of sp³-hybridized carbons (Fsp3) is 0.417. The number of rotatable bonds is 4. The van der Waals surface area contributed by atoms with Crippen molar-refractivity contribution in [1.29, 1.82) is 0 Å². The van der Waals surface area contributed by atoms with Crippen molar-refractivity contribution >= 4 is 11.8 Å². The summed E-state index contributed by atoms with van der Waals surface area (Å²) in [6.07, 6.45) is 3.54. The van der Waals surface area contributed by atoms with Crippen molar-refractivity contribution < 1.29 is 4.74 Å². The minimum atomic E-state index is 0.759. The predicted octanol–water partition coefficient (Wildman–Crippen LogP) is 2.13. The van der Waals surface area contributed by atoms with Crippen molar-refractivity contribution in [2.75, 3.05) is 7.11 Å².